The molecule has 24 heavy (non-hydrogen) atoms. The summed E-state index contributed by atoms with van der Waals surface area (Å²) in [6, 6.07) is 4.63. The van der Waals surface area contributed by atoms with E-state index in [0.29, 0.717) is 24.7 Å². The van der Waals surface area contributed by atoms with E-state index in [1.54, 1.807) is 6.07 Å². The Balaban J connectivity index is 0.00000208. The monoisotopic (exact) mass is 376 g/mol. The van der Waals surface area contributed by atoms with Crippen molar-refractivity contribution in [2.24, 2.45) is 0 Å². The quantitative estimate of drug-likeness (QED) is 0.778. The van der Waals surface area contributed by atoms with Crippen molar-refractivity contribution in [3.63, 3.8) is 0 Å². The molecule has 134 valence electrons. The van der Waals surface area contributed by atoms with Crippen LogP contribution in [-0.4, -0.2) is 52.4 Å². The van der Waals surface area contributed by atoms with E-state index in [-0.39, 0.29) is 41.4 Å². The first-order valence-corrected chi connectivity index (χ1v) is 9.32. The third kappa shape index (κ3) is 4.52. The number of ether oxygens (including phenoxy) is 2. The van der Waals surface area contributed by atoms with Gasteiger partial charge >= 0.3 is 0 Å². The first-order chi connectivity index (χ1) is 11.0. The number of benzene rings is 1. The summed E-state index contributed by atoms with van der Waals surface area (Å²) >= 11 is 0. The van der Waals surface area contributed by atoms with Crippen LogP contribution in [0.3, 0.4) is 0 Å². The molecule has 2 heterocycles. The molecule has 9 heteroatoms. The summed E-state index contributed by atoms with van der Waals surface area (Å²) in [6.07, 6.45) is 0.827. The number of carbonyl (C=O) groups is 1. The van der Waals surface area contributed by atoms with E-state index in [4.69, 9.17) is 9.47 Å². The van der Waals surface area contributed by atoms with Gasteiger partial charge in [-0.05, 0) is 25.1 Å². The molecular weight excluding hydrogens is 356 g/mol. The lowest BCUT2D eigenvalue weighted by Crippen LogP contribution is -2.36. The average molecular weight is 377 g/mol. The van der Waals surface area contributed by atoms with Crippen molar-refractivity contribution in [1.82, 2.24) is 10.6 Å². The van der Waals surface area contributed by atoms with E-state index in [0.717, 1.165) is 19.5 Å². The number of sulfone groups is 1. The molecule has 1 atom stereocenters. The molecule has 3 rings (SSSR count). The van der Waals surface area contributed by atoms with E-state index in [1.807, 2.05) is 0 Å². The normalized spacial score (nSPS) is 19.4. The van der Waals surface area contributed by atoms with Gasteiger partial charge in [0.15, 0.2) is 21.3 Å². The number of rotatable bonds is 5. The van der Waals surface area contributed by atoms with E-state index >= 15 is 0 Å². The van der Waals surface area contributed by atoms with Gasteiger partial charge in [-0.3, -0.25) is 4.79 Å². The summed E-state index contributed by atoms with van der Waals surface area (Å²) in [4.78, 5) is 12.0. The Morgan fingerprint density at radius 3 is 2.71 bits per heavy atom. The first kappa shape index (κ1) is 18.8. The Hall–Kier alpha value is -1.51. The standard InChI is InChI=1S/C15H20N2O5S.ClH/c18-15(17-11-3-5-16-10-11)4-8-23(19,20)12-1-2-13-14(9-12)22-7-6-21-13;/h1-2,9,11,16H,3-8,10H2,(H,17,18);1H. The van der Waals surface area contributed by atoms with Crippen LogP contribution in [-0.2, 0) is 14.6 Å². The van der Waals surface area contributed by atoms with Crippen LogP contribution in [0.5, 0.6) is 11.5 Å². The van der Waals surface area contributed by atoms with Gasteiger partial charge in [-0.25, -0.2) is 8.42 Å². The van der Waals surface area contributed by atoms with Crippen molar-refractivity contribution in [2.75, 3.05) is 32.1 Å². The molecule has 1 saturated heterocycles. The maximum atomic E-state index is 12.4. The number of amides is 1. The van der Waals surface area contributed by atoms with Crippen LogP contribution in [0.2, 0.25) is 0 Å². The lowest BCUT2D eigenvalue weighted by atomic mass is 10.2. The van der Waals surface area contributed by atoms with Crippen LogP contribution in [0, 0.1) is 0 Å². The summed E-state index contributed by atoms with van der Waals surface area (Å²) in [7, 11) is -3.53. The molecule has 2 aliphatic heterocycles. The van der Waals surface area contributed by atoms with Gasteiger partial charge < -0.3 is 20.1 Å². The highest BCUT2D eigenvalue weighted by atomic mass is 35.5. The van der Waals surface area contributed by atoms with Gasteiger partial charge in [0.05, 0.1) is 10.6 Å². The molecule has 0 spiro atoms. The highest BCUT2D eigenvalue weighted by Crippen LogP contribution is 2.32. The molecule has 0 saturated carbocycles. The minimum absolute atomic E-state index is 0. The molecule has 1 unspecified atom stereocenters. The zero-order chi connectivity index (χ0) is 16.3. The Bertz CT molecular complexity index is 689. The van der Waals surface area contributed by atoms with Gasteiger partial charge in [-0.1, -0.05) is 0 Å². The molecule has 0 aliphatic carbocycles. The summed E-state index contributed by atoms with van der Waals surface area (Å²) in [5.74, 6) is 0.513. The van der Waals surface area contributed by atoms with Crippen molar-refractivity contribution in [3.8, 4) is 11.5 Å². The van der Waals surface area contributed by atoms with Gasteiger partial charge in [0.25, 0.3) is 0 Å². The fraction of sp³-hybridized carbons (Fsp3) is 0.533. The van der Waals surface area contributed by atoms with Crippen LogP contribution in [0.15, 0.2) is 23.1 Å². The summed E-state index contributed by atoms with van der Waals surface area (Å²) in [6.45, 7) is 2.46. The Morgan fingerprint density at radius 1 is 1.25 bits per heavy atom. The Kier molecular flexibility index (Phi) is 6.31. The molecule has 1 amide bonds. The van der Waals surface area contributed by atoms with Gasteiger partial charge in [-0.15, -0.1) is 12.4 Å². The number of hydrogen-bond donors (Lipinski definition) is 2. The third-order valence-corrected chi connectivity index (χ3v) is 5.61. The van der Waals surface area contributed by atoms with E-state index in [2.05, 4.69) is 10.6 Å². The zero-order valence-corrected chi connectivity index (χ0v) is 14.7. The second-order valence-electron chi connectivity index (χ2n) is 5.63. The number of hydrogen-bond acceptors (Lipinski definition) is 6. The third-order valence-electron chi connectivity index (χ3n) is 3.90. The number of halogens is 1. The van der Waals surface area contributed by atoms with E-state index in [9.17, 15) is 13.2 Å². The molecule has 2 N–H and O–H groups in total. The van der Waals surface area contributed by atoms with Crippen LogP contribution in [0.1, 0.15) is 12.8 Å². The minimum Gasteiger partial charge on any atom is -0.486 e. The second-order valence-corrected chi connectivity index (χ2v) is 7.74. The summed E-state index contributed by atoms with van der Waals surface area (Å²) in [5.41, 5.74) is 0. The summed E-state index contributed by atoms with van der Waals surface area (Å²) < 4.78 is 35.5. The molecule has 0 radical (unpaired) electrons. The van der Waals surface area contributed by atoms with E-state index in [1.165, 1.54) is 12.1 Å². The molecule has 0 aromatic heterocycles. The molecule has 1 fully saturated rings. The van der Waals surface area contributed by atoms with Gasteiger partial charge in [0.2, 0.25) is 5.91 Å². The second kappa shape index (κ2) is 8.04. The van der Waals surface area contributed by atoms with E-state index < -0.39 is 9.84 Å². The molecule has 1 aromatic rings. The average Bonchev–Trinajstić information content (AvgIpc) is 3.05. The topological polar surface area (TPSA) is 93.7 Å². The van der Waals surface area contributed by atoms with Gasteiger partial charge in [-0.2, -0.15) is 0 Å². The fourth-order valence-electron chi connectivity index (χ4n) is 2.64. The number of carbonyl (C=O) groups excluding carboxylic acids is 1. The van der Waals surface area contributed by atoms with Gasteiger partial charge in [0.1, 0.15) is 13.2 Å². The lowest BCUT2D eigenvalue weighted by Gasteiger charge is -2.18. The van der Waals surface area contributed by atoms with Crippen molar-refractivity contribution in [2.45, 2.75) is 23.8 Å². The van der Waals surface area contributed by atoms with Crippen LogP contribution in [0.25, 0.3) is 0 Å². The van der Waals surface area contributed by atoms with Crippen LogP contribution < -0.4 is 20.1 Å². The van der Waals surface area contributed by atoms with Crippen molar-refractivity contribution in [1.29, 1.82) is 0 Å². The maximum absolute atomic E-state index is 12.4. The molecular formula is C15H21ClN2O5S. The largest absolute Gasteiger partial charge is 0.486 e. The fourth-order valence-corrected chi connectivity index (χ4v) is 3.89. The smallest absolute Gasteiger partial charge is 0.221 e. The molecule has 2 aliphatic rings. The predicted octanol–water partition coefficient (Wildman–Crippen LogP) is 0.521. The molecule has 0 bridgehead atoms. The number of fused-ring (bicyclic) bond motifs is 1. The maximum Gasteiger partial charge on any atom is 0.221 e. The van der Waals surface area contributed by atoms with Gasteiger partial charge in [0, 0.05) is 25.1 Å². The number of nitrogens with one attached hydrogen (secondary N) is 2. The first-order valence-electron chi connectivity index (χ1n) is 7.67. The highest BCUT2D eigenvalue weighted by molar-refractivity contribution is 7.91. The van der Waals surface area contributed by atoms with Crippen molar-refractivity contribution >= 4 is 28.2 Å². The SMILES string of the molecule is Cl.O=C(CCS(=O)(=O)c1ccc2c(c1)OCCO2)NC1CCNC1. The highest BCUT2D eigenvalue weighted by Gasteiger charge is 2.22. The lowest BCUT2D eigenvalue weighted by molar-refractivity contribution is -0.121. The Labute approximate surface area is 147 Å². The van der Waals surface area contributed by atoms with Crippen LogP contribution in [0.4, 0.5) is 0 Å². The minimum atomic E-state index is -3.53. The Morgan fingerprint density at radius 2 is 2.00 bits per heavy atom. The summed E-state index contributed by atoms with van der Waals surface area (Å²) in [5, 5.41) is 5.99. The zero-order valence-electron chi connectivity index (χ0n) is 13.1. The molecule has 1 aromatic carbocycles. The van der Waals surface area contributed by atoms with Crippen molar-refractivity contribution in [3.05, 3.63) is 18.2 Å². The molecule has 7 nitrogen and oxygen atoms in total. The van der Waals surface area contributed by atoms with Crippen molar-refractivity contribution < 1.29 is 22.7 Å². The van der Waals surface area contributed by atoms with Crippen LogP contribution >= 0.6 is 12.4 Å². The predicted molar refractivity (Wildman–Crippen MR) is 90.8 cm³/mol.